The van der Waals surface area contributed by atoms with Crippen molar-refractivity contribution in [3.05, 3.63) is 53.1 Å². The number of fused-ring (bicyclic) bond motifs is 1. The van der Waals surface area contributed by atoms with Crippen molar-refractivity contribution in [2.24, 2.45) is 5.92 Å². The lowest BCUT2D eigenvalue weighted by Crippen LogP contribution is -2.24. The van der Waals surface area contributed by atoms with E-state index in [1.807, 2.05) is 36.4 Å². The van der Waals surface area contributed by atoms with E-state index in [-0.39, 0.29) is 5.69 Å². The fraction of sp³-hybridized carbons (Fsp3) is 0.250. The predicted octanol–water partition coefficient (Wildman–Crippen LogP) is 3.07. The van der Waals surface area contributed by atoms with Crippen LogP contribution in [0.3, 0.4) is 0 Å². The van der Waals surface area contributed by atoms with E-state index in [1.54, 1.807) is 10.8 Å². The number of benzene rings is 1. The highest BCUT2D eigenvalue weighted by atomic mass is 16.3. The van der Waals surface area contributed by atoms with Crippen LogP contribution in [0.4, 0.5) is 0 Å². The second-order valence-corrected chi connectivity index (χ2v) is 5.29. The van der Waals surface area contributed by atoms with Crippen molar-refractivity contribution in [2.75, 3.05) is 0 Å². The van der Waals surface area contributed by atoms with E-state index < -0.39 is 0 Å². The van der Waals surface area contributed by atoms with Gasteiger partial charge in [0, 0.05) is 11.9 Å². The fourth-order valence-electron chi connectivity index (χ4n) is 2.56. The number of para-hydroxylation sites is 1. The van der Waals surface area contributed by atoms with E-state index >= 15 is 0 Å². The Kier molecular flexibility index (Phi) is 2.49. The molecule has 0 atom stereocenters. The number of hydrogen-bond acceptors (Lipinski definition) is 3. The van der Waals surface area contributed by atoms with Crippen LogP contribution in [0.15, 0.2) is 51.9 Å². The lowest BCUT2D eigenvalue weighted by molar-refractivity contribution is 0.576. The summed E-state index contributed by atoms with van der Waals surface area (Å²) >= 11 is 0. The SMILES string of the molecule is O=c1nc(-c2ccco2)c2ccccc2n1CC1CC1. The molecule has 0 N–H and O–H groups in total. The van der Waals surface area contributed by atoms with E-state index in [9.17, 15) is 4.79 Å². The first-order valence-corrected chi connectivity index (χ1v) is 6.86. The fourth-order valence-corrected chi connectivity index (χ4v) is 2.56. The predicted molar refractivity (Wildman–Crippen MR) is 76.4 cm³/mol. The van der Waals surface area contributed by atoms with E-state index in [0.717, 1.165) is 17.4 Å². The molecule has 1 saturated carbocycles. The summed E-state index contributed by atoms with van der Waals surface area (Å²) in [6.07, 6.45) is 4.02. The molecule has 2 heterocycles. The highest BCUT2D eigenvalue weighted by molar-refractivity contribution is 5.91. The summed E-state index contributed by atoms with van der Waals surface area (Å²) in [7, 11) is 0. The zero-order valence-electron chi connectivity index (χ0n) is 11.0. The van der Waals surface area contributed by atoms with Crippen LogP contribution in [0.2, 0.25) is 0 Å². The number of nitrogens with zero attached hydrogens (tertiary/aromatic N) is 2. The first kappa shape index (κ1) is 11.5. The van der Waals surface area contributed by atoms with E-state index in [1.165, 1.54) is 12.8 Å². The molecule has 2 aromatic heterocycles. The number of rotatable bonds is 3. The number of aromatic nitrogens is 2. The average molecular weight is 266 g/mol. The molecular weight excluding hydrogens is 252 g/mol. The van der Waals surface area contributed by atoms with Gasteiger partial charge in [0.15, 0.2) is 5.76 Å². The number of hydrogen-bond donors (Lipinski definition) is 0. The molecule has 1 aliphatic rings. The van der Waals surface area contributed by atoms with Gasteiger partial charge in [-0.15, -0.1) is 0 Å². The van der Waals surface area contributed by atoms with Gasteiger partial charge in [0.2, 0.25) is 0 Å². The molecule has 0 radical (unpaired) electrons. The van der Waals surface area contributed by atoms with Crippen molar-refractivity contribution in [3.8, 4) is 11.5 Å². The lowest BCUT2D eigenvalue weighted by Gasteiger charge is -2.11. The molecule has 0 aliphatic heterocycles. The largest absolute Gasteiger partial charge is 0.463 e. The Hall–Kier alpha value is -2.36. The van der Waals surface area contributed by atoms with Gasteiger partial charge >= 0.3 is 5.69 Å². The van der Waals surface area contributed by atoms with E-state index in [0.29, 0.717) is 17.4 Å². The van der Waals surface area contributed by atoms with Gasteiger partial charge in [0.25, 0.3) is 0 Å². The molecule has 20 heavy (non-hydrogen) atoms. The second kappa shape index (κ2) is 4.34. The molecule has 4 rings (SSSR count). The summed E-state index contributed by atoms with van der Waals surface area (Å²) in [5, 5.41) is 0.961. The van der Waals surface area contributed by atoms with Crippen molar-refractivity contribution in [1.82, 2.24) is 9.55 Å². The average Bonchev–Trinajstić information content (AvgIpc) is 3.12. The summed E-state index contributed by atoms with van der Waals surface area (Å²) in [5.74, 6) is 1.27. The van der Waals surface area contributed by atoms with E-state index in [4.69, 9.17) is 4.42 Å². The normalized spacial score (nSPS) is 14.8. The quantitative estimate of drug-likeness (QED) is 0.732. The standard InChI is InChI=1S/C16H14N2O2/c19-16-17-15(14-6-3-9-20-14)12-4-1-2-5-13(12)18(16)10-11-7-8-11/h1-6,9,11H,7-8,10H2. The molecule has 1 aliphatic carbocycles. The van der Waals surface area contributed by atoms with Crippen LogP contribution in [-0.2, 0) is 6.54 Å². The maximum absolute atomic E-state index is 12.3. The maximum atomic E-state index is 12.3. The third-order valence-electron chi connectivity index (χ3n) is 3.78. The summed E-state index contributed by atoms with van der Waals surface area (Å²) in [6, 6.07) is 11.5. The Labute approximate surface area is 115 Å². The molecule has 0 unspecified atom stereocenters. The van der Waals surface area contributed by atoms with Crippen LogP contribution in [0.5, 0.6) is 0 Å². The minimum atomic E-state index is -0.193. The molecule has 4 nitrogen and oxygen atoms in total. The smallest absolute Gasteiger partial charge is 0.348 e. The van der Waals surface area contributed by atoms with Crippen LogP contribution in [-0.4, -0.2) is 9.55 Å². The van der Waals surface area contributed by atoms with Gasteiger partial charge in [-0.1, -0.05) is 18.2 Å². The van der Waals surface area contributed by atoms with Gasteiger partial charge < -0.3 is 4.42 Å². The van der Waals surface area contributed by atoms with Gasteiger partial charge in [-0.3, -0.25) is 4.57 Å². The van der Waals surface area contributed by atoms with Crippen LogP contribution in [0, 0.1) is 5.92 Å². The molecular formula is C16H14N2O2. The van der Waals surface area contributed by atoms with Crippen molar-refractivity contribution in [2.45, 2.75) is 19.4 Å². The van der Waals surface area contributed by atoms with Gasteiger partial charge in [-0.05, 0) is 37.0 Å². The molecule has 0 bridgehead atoms. The van der Waals surface area contributed by atoms with Gasteiger partial charge in [-0.2, -0.15) is 4.98 Å². The Balaban J connectivity index is 2.00. The van der Waals surface area contributed by atoms with Crippen LogP contribution in [0.1, 0.15) is 12.8 Å². The monoisotopic (exact) mass is 266 g/mol. The zero-order chi connectivity index (χ0) is 13.5. The Morgan fingerprint density at radius 3 is 2.80 bits per heavy atom. The summed E-state index contributed by atoms with van der Waals surface area (Å²) in [5.41, 5.74) is 1.37. The molecule has 1 aromatic carbocycles. The van der Waals surface area contributed by atoms with Crippen molar-refractivity contribution in [1.29, 1.82) is 0 Å². The molecule has 4 heteroatoms. The summed E-state index contributed by atoms with van der Waals surface area (Å²) in [6.45, 7) is 0.769. The number of furan rings is 1. The van der Waals surface area contributed by atoms with Gasteiger partial charge in [0.05, 0.1) is 11.8 Å². The van der Waals surface area contributed by atoms with Crippen LogP contribution in [0.25, 0.3) is 22.4 Å². The van der Waals surface area contributed by atoms with Crippen molar-refractivity contribution < 1.29 is 4.42 Å². The molecule has 0 amide bonds. The molecule has 3 aromatic rings. The molecule has 0 spiro atoms. The summed E-state index contributed by atoms with van der Waals surface area (Å²) < 4.78 is 7.20. The Morgan fingerprint density at radius 2 is 2.05 bits per heavy atom. The minimum absolute atomic E-state index is 0.193. The topological polar surface area (TPSA) is 48.0 Å². The van der Waals surface area contributed by atoms with Gasteiger partial charge in [-0.25, -0.2) is 4.79 Å². The van der Waals surface area contributed by atoms with Crippen LogP contribution < -0.4 is 5.69 Å². The first-order chi connectivity index (χ1) is 9.83. The molecule has 1 fully saturated rings. The third-order valence-corrected chi connectivity index (χ3v) is 3.78. The Bertz CT molecular complexity index is 814. The highest BCUT2D eigenvalue weighted by Crippen LogP contribution is 2.32. The molecule has 0 saturated heterocycles. The highest BCUT2D eigenvalue weighted by Gasteiger charge is 2.24. The maximum Gasteiger partial charge on any atom is 0.348 e. The van der Waals surface area contributed by atoms with E-state index in [2.05, 4.69) is 4.98 Å². The summed E-state index contributed by atoms with van der Waals surface area (Å²) in [4.78, 5) is 16.6. The molecule has 100 valence electrons. The second-order valence-electron chi connectivity index (χ2n) is 5.29. The van der Waals surface area contributed by atoms with Crippen molar-refractivity contribution in [3.63, 3.8) is 0 Å². The zero-order valence-corrected chi connectivity index (χ0v) is 11.0. The van der Waals surface area contributed by atoms with Crippen LogP contribution >= 0.6 is 0 Å². The van der Waals surface area contributed by atoms with Crippen molar-refractivity contribution >= 4 is 10.9 Å². The third kappa shape index (κ3) is 1.84. The first-order valence-electron chi connectivity index (χ1n) is 6.86. The van der Waals surface area contributed by atoms with Gasteiger partial charge in [0.1, 0.15) is 5.69 Å². The minimum Gasteiger partial charge on any atom is -0.463 e. The Morgan fingerprint density at radius 1 is 1.20 bits per heavy atom. The lowest BCUT2D eigenvalue weighted by atomic mass is 10.1.